The maximum atomic E-state index is 6.00. The minimum absolute atomic E-state index is 0.275. The van der Waals surface area contributed by atoms with Crippen LogP contribution in [0.3, 0.4) is 0 Å². The van der Waals surface area contributed by atoms with Crippen molar-refractivity contribution in [3.05, 3.63) is 18.2 Å². The fourth-order valence-corrected chi connectivity index (χ4v) is 3.67. The molecule has 1 aliphatic carbocycles. The van der Waals surface area contributed by atoms with Crippen molar-refractivity contribution in [2.24, 2.45) is 5.92 Å². The van der Waals surface area contributed by atoms with Crippen LogP contribution in [0, 0.1) is 5.92 Å². The maximum absolute atomic E-state index is 6.00. The van der Waals surface area contributed by atoms with Crippen LogP contribution in [-0.4, -0.2) is 34.5 Å². The highest BCUT2D eigenvalue weighted by Crippen LogP contribution is 2.54. The highest BCUT2D eigenvalue weighted by atomic mass is 35.5. The summed E-state index contributed by atoms with van der Waals surface area (Å²) in [5, 5.41) is 8.58. The molecule has 1 aromatic heterocycles. The van der Waals surface area contributed by atoms with Crippen molar-refractivity contribution in [2.75, 3.05) is 20.0 Å². The zero-order valence-corrected chi connectivity index (χ0v) is 14.3. The molecule has 0 radical (unpaired) electrons. The molecule has 118 valence electrons. The van der Waals surface area contributed by atoms with Gasteiger partial charge in [-0.05, 0) is 24.6 Å². The molecular formula is C14H14Cl2N2O3S. The average Bonchev–Trinajstić information content (AvgIpc) is 2.92. The van der Waals surface area contributed by atoms with Gasteiger partial charge < -0.3 is 13.9 Å². The van der Waals surface area contributed by atoms with E-state index in [0.717, 1.165) is 17.7 Å². The first-order valence-corrected chi connectivity index (χ1v) is 8.34. The molecule has 2 aromatic rings. The van der Waals surface area contributed by atoms with E-state index in [4.69, 9.17) is 37.1 Å². The Hall–Kier alpha value is -1.11. The van der Waals surface area contributed by atoms with Crippen LogP contribution in [0.25, 0.3) is 11.5 Å². The van der Waals surface area contributed by atoms with Gasteiger partial charge in [-0.2, -0.15) is 0 Å². The SMILES string of the molecule is COc1ccc(-c2nnc(SCC3CC3(Cl)Cl)o2)cc1OC. The Morgan fingerprint density at radius 1 is 1.27 bits per heavy atom. The highest BCUT2D eigenvalue weighted by molar-refractivity contribution is 7.99. The first-order chi connectivity index (χ1) is 10.5. The third-order valence-electron chi connectivity index (χ3n) is 3.40. The molecule has 8 heteroatoms. The topological polar surface area (TPSA) is 57.4 Å². The Morgan fingerprint density at radius 3 is 2.64 bits per heavy atom. The van der Waals surface area contributed by atoms with Gasteiger partial charge in [0, 0.05) is 17.2 Å². The molecule has 1 atom stereocenters. The number of methoxy groups -OCH3 is 2. The Labute approximate surface area is 142 Å². The third kappa shape index (κ3) is 3.29. The molecule has 5 nitrogen and oxygen atoms in total. The minimum Gasteiger partial charge on any atom is -0.493 e. The van der Waals surface area contributed by atoms with E-state index >= 15 is 0 Å². The van der Waals surface area contributed by atoms with Gasteiger partial charge >= 0.3 is 0 Å². The van der Waals surface area contributed by atoms with E-state index in [9.17, 15) is 0 Å². The lowest BCUT2D eigenvalue weighted by atomic mass is 10.2. The van der Waals surface area contributed by atoms with Crippen LogP contribution in [0.15, 0.2) is 27.8 Å². The van der Waals surface area contributed by atoms with Gasteiger partial charge in [-0.3, -0.25) is 0 Å². The predicted octanol–water partition coefficient (Wildman–Crippen LogP) is 4.04. The molecule has 3 rings (SSSR count). The number of thioether (sulfide) groups is 1. The van der Waals surface area contributed by atoms with Crippen LogP contribution in [0.4, 0.5) is 0 Å². The second-order valence-electron chi connectivity index (χ2n) is 4.92. The Kier molecular flexibility index (Phi) is 4.43. The second kappa shape index (κ2) is 6.18. The van der Waals surface area contributed by atoms with Crippen molar-refractivity contribution in [3.8, 4) is 23.0 Å². The summed E-state index contributed by atoms with van der Waals surface area (Å²) in [5.41, 5.74) is 0.771. The lowest BCUT2D eigenvalue weighted by Crippen LogP contribution is -1.92. The van der Waals surface area contributed by atoms with Crippen LogP contribution in [0.1, 0.15) is 6.42 Å². The van der Waals surface area contributed by atoms with Crippen molar-refractivity contribution in [3.63, 3.8) is 0 Å². The van der Waals surface area contributed by atoms with Crippen LogP contribution >= 0.6 is 35.0 Å². The summed E-state index contributed by atoms with van der Waals surface area (Å²) in [6, 6.07) is 5.43. The molecule has 0 saturated heterocycles. The van der Waals surface area contributed by atoms with Crippen molar-refractivity contribution >= 4 is 35.0 Å². The number of hydrogen-bond donors (Lipinski definition) is 0. The molecule has 1 fully saturated rings. The number of hydrogen-bond acceptors (Lipinski definition) is 6. The van der Waals surface area contributed by atoms with Gasteiger partial charge in [-0.15, -0.1) is 33.4 Å². The molecule has 1 heterocycles. The number of halogens is 2. The van der Waals surface area contributed by atoms with Gasteiger partial charge in [-0.1, -0.05) is 11.8 Å². The smallest absolute Gasteiger partial charge is 0.276 e. The van der Waals surface area contributed by atoms with E-state index in [1.807, 2.05) is 6.07 Å². The quantitative estimate of drug-likeness (QED) is 0.572. The third-order valence-corrected chi connectivity index (χ3v) is 5.31. The summed E-state index contributed by atoms with van der Waals surface area (Å²) < 4.78 is 15.5. The largest absolute Gasteiger partial charge is 0.493 e. The fourth-order valence-electron chi connectivity index (χ4n) is 1.98. The maximum Gasteiger partial charge on any atom is 0.276 e. The number of alkyl halides is 2. The molecule has 1 saturated carbocycles. The molecule has 0 amide bonds. The molecule has 0 spiro atoms. The van der Waals surface area contributed by atoms with Gasteiger partial charge in [0.05, 0.1) is 14.2 Å². The molecule has 1 aromatic carbocycles. The summed E-state index contributed by atoms with van der Waals surface area (Å²) in [6.45, 7) is 0. The molecular weight excluding hydrogens is 347 g/mol. The van der Waals surface area contributed by atoms with Crippen molar-refractivity contribution in [1.29, 1.82) is 0 Å². The zero-order valence-electron chi connectivity index (χ0n) is 12.0. The zero-order chi connectivity index (χ0) is 15.7. The molecule has 0 bridgehead atoms. The van der Waals surface area contributed by atoms with Crippen LogP contribution < -0.4 is 9.47 Å². The molecule has 0 N–H and O–H groups in total. The number of ether oxygens (including phenoxy) is 2. The van der Waals surface area contributed by atoms with Crippen LogP contribution in [0.5, 0.6) is 11.5 Å². The standard InChI is InChI=1S/C14H14Cl2N2O3S/c1-19-10-4-3-8(5-11(10)20-2)12-17-18-13(21-12)22-7-9-6-14(9,15)16/h3-5,9H,6-7H2,1-2H3. The van der Waals surface area contributed by atoms with Crippen molar-refractivity contribution < 1.29 is 13.9 Å². The van der Waals surface area contributed by atoms with E-state index in [1.54, 1.807) is 26.4 Å². The van der Waals surface area contributed by atoms with E-state index < -0.39 is 4.33 Å². The first kappa shape index (κ1) is 15.8. The van der Waals surface area contributed by atoms with Crippen molar-refractivity contribution in [2.45, 2.75) is 16.0 Å². The Balaban J connectivity index is 1.70. The lowest BCUT2D eigenvalue weighted by molar-refractivity contribution is 0.355. The number of rotatable bonds is 6. The van der Waals surface area contributed by atoms with Crippen LogP contribution in [-0.2, 0) is 0 Å². The molecule has 22 heavy (non-hydrogen) atoms. The predicted molar refractivity (Wildman–Crippen MR) is 86.1 cm³/mol. The minimum atomic E-state index is -0.584. The number of aromatic nitrogens is 2. The average molecular weight is 361 g/mol. The summed E-state index contributed by atoms with van der Waals surface area (Å²) in [4.78, 5) is 0. The Bertz CT molecular complexity index is 678. The summed E-state index contributed by atoms with van der Waals surface area (Å²) in [5.74, 6) is 2.73. The number of nitrogens with zero attached hydrogens (tertiary/aromatic N) is 2. The monoisotopic (exact) mass is 360 g/mol. The van der Waals surface area contributed by atoms with Gasteiger partial charge in [0.15, 0.2) is 11.5 Å². The van der Waals surface area contributed by atoms with Gasteiger partial charge in [-0.25, -0.2) is 0 Å². The summed E-state index contributed by atoms with van der Waals surface area (Å²) in [6.07, 6.45) is 0.805. The van der Waals surface area contributed by atoms with Crippen molar-refractivity contribution in [1.82, 2.24) is 10.2 Å². The lowest BCUT2D eigenvalue weighted by Gasteiger charge is -2.07. The Morgan fingerprint density at radius 2 is 2.00 bits per heavy atom. The fraction of sp³-hybridized carbons (Fsp3) is 0.429. The van der Waals surface area contributed by atoms with E-state index in [0.29, 0.717) is 22.6 Å². The summed E-state index contributed by atoms with van der Waals surface area (Å²) in [7, 11) is 3.17. The first-order valence-electron chi connectivity index (χ1n) is 6.60. The molecule has 1 unspecified atom stereocenters. The van der Waals surface area contributed by atoms with Gasteiger partial charge in [0.2, 0.25) is 5.89 Å². The number of benzene rings is 1. The van der Waals surface area contributed by atoms with Crippen LogP contribution in [0.2, 0.25) is 0 Å². The van der Waals surface area contributed by atoms with Gasteiger partial charge in [0.1, 0.15) is 4.33 Å². The normalized spacial score (nSPS) is 19.0. The molecule has 0 aliphatic heterocycles. The van der Waals surface area contributed by atoms with E-state index in [-0.39, 0.29) is 5.92 Å². The summed E-state index contributed by atoms with van der Waals surface area (Å²) >= 11 is 13.5. The van der Waals surface area contributed by atoms with E-state index in [2.05, 4.69) is 10.2 Å². The highest BCUT2D eigenvalue weighted by Gasteiger charge is 2.51. The van der Waals surface area contributed by atoms with E-state index in [1.165, 1.54) is 11.8 Å². The second-order valence-corrected chi connectivity index (χ2v) is 7.43. The molecule has 1 aliphatic rings. The van der Waals surface area contributed by atoms with Gasteiger partial charge in [0.25, 0.3) is 5.22 Å².